The van der Waals surface area contributed by atoms with Crippen LogP contribution in [0.5, 0.6) is 0 Å². The van der Waals surface area contributed by atoms with E-state index in [1.54, 1.807) is 0 Å². The van der Waals surface area contributed by atoms with Gasteiger partial charge in [0.1, 0.15) is 0 Å². The Balaban J connectivity index is 1.08. The van der Waals surface area contributed by atoms with Gasteiger partial charge in [0.25, 0.3) is 0 Å². The van der Waals surface area contributed by atoms with Crippen molar-refractivity contribution < 1.29 is 0 Å². The number of rotatable bonds is 9. The van der Waals surface area contributed by atoms with Crippen molar-refractivity contribution in [3.05, 3.63) is 217 Å². The first-order valence-corrected chi connectivity index (χ1v) is 18.5. The van der Waals surface area contributed by atoms with Crippen LogP contribution in [-0.4, -0.2) is 17.4 Å². The summed E-state index contributed by atoms with van der Waals surface area (Å²) in [5, 5.41) is 7.21. The fourth-order valence-electron chi connectivity index (χ4n) is 7.41. The Hall–Kier alpha value is -7.23. The molecule has 0 fully saturated rings. The molecule has 0 aliphatic heterocycles. The number of hydrogen-bond donors (Lipinski definition) is 0. The zero-order chi connectivity index (χ0) is 37.0. The zero-order valence-electron chi connectivity index (χ0n) is 30.3. The molecule has 0 saturated carbocycles. The fraction of sp³-hybridized carbons (Fsp3) is 0.0192. The number of benzene rings is 8. The number of fused-ring (bicyclic) bond motifs is 3. The summed E-state index contributed by atoms with van der Waals surface area (Å²) in [6.07, 6.45) is 5.90. The number of allylic oxidation sites excluding steroid dienone is 1. The van der Waals surface area contributed by atoms with Crippen LogP contribution < -0.4 is 0 Å². The smallest absolute Gasteiger partial charge is 0.0716 e. The van der Waals surface area contributed by atoms with Crippen molar-refractivity contribution >= 4 is 50.4 Å². The van der Waals surface area contributed by atoms with Crippen LogP contribution in [0.4, 0.5) is 0 Å². The third kappa shape index (κ3) is 6.99. The minimum absolute atomic E-state index is 0.514. The van der Waals surface area contributed by atoms with E-state index in [2.05, 4.69) is 199 Å². The van der Waals surface area contributed by atoms with Gasteiger partial charge in [-0.15, -0.1) is 0 Å². The van der Waals surface area contributed by atoms with Crippen LogP contribution in [0.3, 0.4) is 0 Å². The summed E-state index contributed by atoms with van der Waals surface area (Å²) in [5.41, 5.74) is 11.6. The molecule has 0 unspecified atom stereocenters. The van der Waals surface area contributed by atoms with Gasteiger partial charge in [-0.1, -0.05) is 170 Å². The highest BCUT2D eigenvalue weighted by Crippen LogP contribution is 2.32. The monoisotopic (exact) mass is 703 g/mol. The summed E-state index contributed by atoms with van der Waals surface area (Å²) < 4.78 is 0. The Morgan fingerprint density at radius 2 is 1.13 bits per heavy atom. The summed E-state index contributed by atoms with van der Waals surface area (Å²) >= 11 is 0. The molecule has 260 valence electrons. The van der Waals surface area contributed by atoms with Crippen molar-refractivity contribution in [2.75, 3.05) is 0 Å². The molecule has 3 heteroatoms. The third-order valence-corrected chi connectivity index (χ3v) is 10.3. The Labute approximate surface area is 321 Å². The molecule has 1 heterocycles. The van der Waals surface area contributed by atoms with Crippen LogP contribution in [0.25, 0.3) is 71.4 Å². The van der Waals surface area contributed by atoms with Gasteiger partial charge in [0.2, 0.25) is 0 Å². The minimum atomic E-state index is 0.514. The first-order chi connectivity index (χ1) is 27.2. The maximum absolute atomic E-state index is 5.26. The normalized spacial score (nSPS) is 12.0. The van der Waals surface area contributed by atoms with Crippen molar-refractivity contribution in [3.63, 3.8) is 0 Å². The van der Waals surface area contributed by atoms with Gasteiger partial charge in [0, 0.05) is 34.5 Å². The molecule has 0 aliphatic rings. The molecular formula is C52H37N3. The minimum Gasteiger partial charge on any atom is -0.280 e. The van der Waals surface area contributed by atoms with Crippen LogP contribution >= 0.6 is 0 Å². The van der Waals surface area contributed by atoms with E-state index in [0.29, 0.717) is 6.54 Å². The lowest BCUT2D eigenvalue weighted by Crippen LogP contribution is -2.01. The maximum Gasteiger partial charge on any atom is 0.0716 e. The lowest BCUT2D eigenvalue weighted by atomic mass is 9.95. The van der Waals surface area contributed by atoms with Gasteiger partial charge in [0.05, 0.1) is 18.0 Å². The first-order valence-electron chi connectivity index (χ1n) is 18.5. The van der Waals surface area contributed by atoms with E-state index in [0.717, 1.165) is 50.2 Å². The van der Waals surface area contributed by atoms with Gasteiger partial charge in [0.15, 0.2) is 0 Å². The van der Waals surface area contributed by atoms with Crippen LogP contribution in [-0.2, 0) is 6.54 Å². The van der Waals surface area contributed by atoms with Gasteiger partial charge in [-0.25, -0.2) is 0 Å². The molecule has 0 saturated heterocycles. The number of nitrogens with zero attached hydrogens (tertiary/aromatic N) is 3. The second-order valence-corrected chi connectivity index (χ2v) is 13.7. The van der Waals surface area contributed by atoms with Crippen LogP contribution in [0.1, 0.15) is 16.7 Å². The molecule has 9 aromatic rings. The van der Waals surface area contributed by atoms with E-state index in [4.69, 9.17) is 4.99 Å². The molecule has 0 atom stereocenters. The Morgan fingerprint density at radius 3 is 1.93 bits per heavy atom. The fourth-order valence-corrected chi connectivity index (χ4v) is 7.41. The second kappa shape index (κ2) is 15.0. The number of aliphatic imine (C=N–C) groups is 2. The quantitative estimate of drug-likeness (QED) is 0.138. The van der Waals surface area contributed by atoms with Gasteiger partial charge < -0.3 is 0 Å². The topological polar surface area (TPSA) is 37.6 Å². The van der Waals surface area contributed by atoms with Crippen molar-refractivity contribution in [2.24, 2.45) is 9.98 Å². The highest BCUT2D eigenvalue weighted by molar-refractivity contribution is 6.13. The summed E-state index contributed by atoms with van der Waals surface area (Å²) in [5.74, 6) is 0. The van der Waals surface area contributed by atoms with E-state index in [-0.39, 0.29) is 0 Å². The summed E-state index contributed by atoms with van der Waals surface area (Å²) in [6, 6.07) is 64.3. The van der Waals surface area contributed by atoms with E-state index in [1.165, 1.54) is 43.6 Å². The summed E-state index contributed by atoms with van der Waals surface area (Å²) in [4.78, 5) is 14.3. The predicted molar refractivity (Wildman–Crippen MR) is 234 cm³/mol. The average Bonchev–Trinajstić information content (AvgIpc) is 3.26. The van der Waals surface area contributed by atoms with Crippen LogP contribution in [0.2, 0.25) is 0 Å². The zero-order valence-corrected chi connectivity index (χ0v) is 30.3. The van der Waals surface area contributed by atoms with Crippen molar-refractivity contribution in [3.8, 4) is 33.4 Å². The van der Waals surface area contributed by atoms with E-state index >= 15 is 0 Å². The van der Waals surface area contributed by atoms with Crippen LogP contribution in [0, 0.1) is 0 Å². The predicted octanol–water partition coefficient (Wildman–Crippen LogP) is 13.3. The largest absolute Gasteiger partial charge is 0.280 e. The molecule has 0 N–H and O–H groups in total. The SMILES string of the molecule is C=N/C(=C\C(=N/Cc1ccc(-c2ccc3ccccc3c2)cc1)c1cccc(-c2cccc3ccccc23)c1)c1ccc(-c2cncc3ccccc23)cc1. The van der Waals surface area contributed by atoms with Gasteiger partial charge in [-0.2, -0.15) is 0 Å². The highest BCUT2D eigenvalue weighted by atomic mass is 14.8. The van der Waals surface area contributed by atoms with Gasteiger partial charge in [-0.3, -0.25) is 15.0 Å². The first kappa shape index (κ1) is 33.6. The van der Waals surface area contributed by atoms with Crippen molar-refractivity contribution in [1.29, 1.82) is 0 Å². The Kier molecular flexibility index (Phi) is 9.17. The Bertz CT molecular complexity index is 2890. The Morgan fingerprint density at radius 1 is 0.473 bits per heavy atom. The second-order valence-electron chi connectivity index (χ2n) is 13.7. The molecule has 3 nitrogen and oxygen atoms in total. The third-order valence-electron chi connectivity index (χ3n) is 10.3. The average molecular weight is 704 g/mol. The molecule has 9 rings (SSSR count). The molecule has 0 amide bonds. The van der Waals surface area contributed by atoms with Crippen molar-refractivity contribution in [1.82, 2.24) is 4.98 Å². The van der Waals surface area contributed by atoms with Crippen molar-refractivity contribution in [2.45, 2.75) is 6.54 Å². The van der Waals surface area contributed by atoms with E-state index < -0.39 is 0 Å². The molecule has 0 radical (unpaired) electrons. The van der Waals surface area contributed by atoms with E-state index in [1.807, 2.05) is 18.5 Å². The van der Waals surface area contributed by atoms with Crippen LogP contribution in [0.15, 0.2) is 210 Å². The highest BCUT2D eigenvalue weighted by Gasteiger charge is 2.11. The van der Waals surface area contributed by atoms with E-state index in [9.17, 15) is 0 Å². The lowest BCUT2D eigenvalue weighted by molar-refractivity contribution is 1.07. The summed E-state index contributed by atoms with van der Waals surface area (Å²) in [7, 11) is 0. The molecule has 0 spiro atoms. The molecule has 1 aromatic heterocycles. The van der Waals surface area contributed by atoms with Gasteiger partial charge >= 0.3 is 0 Å². The standard InChI is InChI=1S/C52H37N3/c1-53-51(41-27-25-40(26-28-41)50-35-54-34-46-13-5-7-18-49(46)50)32-52(45-16-8-15-44(31-45)48-19-9-14-39-11-4-6-17-47(39)48)55-33-36-20-22-38(23-21-36)43-29-24-37-10-2-3-12-42(37)30-43/h2-32,34-35H,1,33H2/b51-32-,55-52+. The molecular weight excluding hydrogens is 667 g/mol. The molecule has 8 aromatic carbocycles. The van der Waals surface area contributed by atoms with Gasteiger partial charge in [-0.05, 0) is 85.2 Å². The molecule has 0 bridgehead atoms. The molecule has 0 aliphatic carbocycles. The summed E-state index contributed by atoms with van der Waals surface area (Å²) in [6.45, 7) is 4.51. The molecule has 55 heavy (non-hydrogen) atoms. The lowest BCUT2D eigenvalue weighted by Gasteiger charge is -2.11. The maximum atomic E-state index is 5.26. The number of pyridine rings is 1. The number of aromatic nitrogens is 1. The number of hydrogen-bond acceptors (Lipinski definition) is 3.